The first-order valence-corrected chi connectivity index (χ1v) is 9.25. The summed E-state index contributed by atoms with van der Waals surface area (Å²) < 4.78 is 1.49. The van der Waals surface area contributed by atoms with Gasteiger partial charge in [-0.1, -0.05) is 0 Å². The number of hydrogen-bond acceptors (Lipinski definition) is 6. The molecule has 0 unspecified atom stereocenters. The van der Waals surface area contributed by atoms with Crippen LogP contribution < -0.4 is 5.32 Å². The lowest BCUT2D eigenvalue weighted by atomic mass is 9.96. The molecule has 0 aromatic carbocycles. The molecule has 1 aliphatic rings. The molecule has 1 fully saturated rings. The second-order valence-electron chi connectivity index (χ2n) is 6.87. The summed E-state index contributed by atoms with van der Waals surface area (Å²) in [5.74, 6) is 0.493. The topological polar surface area (TPSA) is 75.9 Å². The number of thiophene rings is 1. The Bertz CT molecular complexity index is 632. The third-order valence-corrected chi connectivity index (χ3v) is 5.45. The van der Waals surface area contributed by atoms with Crippen LogP contribution in [0, 0.1) is 5.92 Å². The van der Waals surface area contributed by atoms with Crippen molar-refractivity contribution in [3.8, 4) is 0 Å². The Morgan fingerprint density at radius 1 is 1.42 bits per heavy atom. The van der Waals surface area contributed by atoms with Crippen molar-refractivity contribution in [2.24, 2.45) is 5.92 Å². The van der Waals surface area contributed by atoms with E-state index < -0.39 is 5.54 Å². The summed E-state index contributed by atoms with van der Waals surface area (Å²) >= 11 is 1.75. The first-order chi connectivity index (χ1) is 11.6. The summed E-state index contributed by atoms with van der Waals surface area (Å²) in [7, 11) is 0. The first-order valence-electron chi connectivity index (χ1n) is 8.31. The largest absolute Gasteiger partial charge is 0.354 e. The van der Waals surface area contributed by atoms with E-state index in [0.29, 0.717) is 5.92 Å². The average Bonchev–Trinajstić information content (AvgIpc) is 3.27. The highest BCUT2D eigenvalue weighted by Crippen LogP contribution is 2.20. The number of nitrogens with one attached hydrogen (secondary N) is 1. The molecule has 2 aromatic rings. The summed E-state index contributed by atoms with van der Waals surface area (Å²) in [4.78, 5) is 14.9. The number of tetrazole rings is 1. The molecule has 3 heterocycles. The summed E-state index contributed by atoms with van der Waals surface area (Å²) in [5, 5.41) is 18.5. The van der Waals surface area contributed by atoms with Gasteiger partial charge in [-0.25, -0.2) is 4.68 Å². The number of hydrogen-bond donors (Lipinski definition) is 1. The van der Waals surface area contributed by atoms with Crippen LogP contribution in [0.25, 0.3) is 0 Å². The molecule has 3 rings (SSSR count). The highest BCUT2D eigenvalue weighted by Gasteiger charge is 2.31. The van der Waals surface area contributed by atoms with Crippen LogP contribution in [0.5, 0.6) is 0 Å². The van der Waals surface area contributed by atoms with Crippen molar-refractivity contribution in [2.45, 2.75) is 38.8 Å². The van der Waals surface area contributed by atoms with Gasteiger partial charge in [0.1, 0.15) is 11.9 Å². The van der Waals surface area contributed by atoms with E-state index in [9.17, 15) is 4.79 Å². The van der Waals surface area contributed by atoms with E-state index in [0.717, 1.165) is 39.0 Å². The molecule has 1 N–H and O–H groups in total. The molecule has 0 atom stereocenters. The first kappa shape index (κ1) is 17.0. The third kappa shape index (κ3) is 3.99. The molecule has 0 radical (unpaired) electrons. The number of nitrogens with zero attached hydrogens (tertiary/aromatic N) is 5. The molecule has 1 aliphatic heterocycles. The molecule has 1 amide bonds. The van der Waals surface area contributed by atoms with Gasteiger partial charge in [0.2, 0.25) is 5.91 Å². The molecule has 0 bridgehead atoms. The van der Waals surface area contributed by atoms with Gasteiger partial charge in [0.15, 0.2) is 0 Å². The number of carbonyl (C=O) groups is 1. The lowest BCUT2D eigenvalue weighted by Gasteiger charge is -2.32. The minimum atomic E-state index is -0.775. The standard InChI is InChI=1S/C16H24N6OS/c1-16(2,22-12-18-19-20-22)15(23)17-9-13-3-6-21(7-4-13)10-14-5-8-24-11-14/h5,8,11-13H,3-4,6-7,9-10H2,1-2H3,(H,17,23). The Morgan fingerprint density at radius 2 is 2.21 bits per heavy atom. The smallest absolute Gasteiger partial charge is 0.247 e. The monoisotopic (exact) mass is 348 g/mol. The van der Waals surface area contributed by atoms with Gasteiger partial charge in [-0.2, -0.15) is 11.3 Å². The van der Waals surface area contributed by atoms with Crippen LogP contribution in [-0.4, -0.2) is 50.6 Å². The van der Waals surface area contributed by atoms with Crippen LogP contribution in [0.1, 0.15) is 32.3 Å². The zero-order chi connectivity index (χ0) is 17.0. The van der Waals surface area contributed by atoms with Gasteiger partial charge in [0.05, 0.1) is 0 Å². The van der Waals surface area contributed by atoms with Crippen LogP contribution in [0.3, 0.4) is 0 Å². The second-order valence-corrected chi connectivity index (χ2v) is 7.65. The molecule has 7 nitrogen and oxygen atoms in total. The number of aromatic nitrogens is 4. The Kier molecular flexibility index (Phi) is 5.25. The maximum atomic E-state index is 12.4. The van der Waals surface area contributed by atoms with Gasteiger partial charge in [0.25, 0.3) is 0 Å². The van der Waals surface area contributed by atoms with Crippen molar-refractivity contribution in [3.05, 3.63) is 28.7 Å². The zero-order valence-corrected chi connectivity index (χ0v) is 15.0. The summed E-state index contributed by atoms with van der Waals surface area (Å²) in [6.45, 7) is 7.58. The minimum absolute atomic E-state index is 0.0458. The molecule has 8 heteroatoms. The SMILES string of the molecule is CC(C)(C(=O)NCC1CCN(Cc2ccsc2)CC1)n1cnnn1. The van der Waals surface area contributed by atoms with Crippen LogP contribution in [0.15, 0.2) is 23.2 Å². The fraction of sp³-hybridized carbons (Fsp3) is 0.625. The summed E-state index contributed by atoms with van der Waals surface area (Å²) in [6, 6.07) is 2.19. The Balaban J connectivity index is 1.42. The van der Waals surface area contributed by atoms with Crippen molar-refractivity contribution in [1.82, 2.24) is 30.4 Å². The lowest BCUT2D eigenvalue weighted by molar-refractivity contribution is -0.129. The van der Waals surface area contributed by atoms with E-state index in [1.807, 2.05) is 13.8 Å². The molecule has 24 heavy (non-hydrogen) atoms. The van der Waals surface area contributed by atoms with Gasteiger partial charge in [-0.3, -0.25) is 9.69 Å². The van der Waals surface area contributed by atoms with Crippen LogP contribution in [-0.2, 0) is 16.9 Å². The number of carbonyl (C=O) groups excluding carboxylic acids is 1. The van der Waals surface area contributed by atoms with E-state index >= 15 is 0 Å². The van der Waals surface area contributed by atoms with E-state index in [1.54, 1.807) is 11.3 Å². The molecule has 0 spiro atoms. The quantitative estimate of drug-likeness (QED) is 0.856. The van der Waals surface area contributed by atoms with Gasteiger partial charge >= 0.3 is 0 Å². The van der Waals surface area contributed by atoms with Gasteiger partial charge in [0, 0.05) is 13.1 Å². The number of rotatable bonds is 6. The van der Waals surface area contributed by atoms with Gasteiger partial charge < -0.3 is 5.32 Å². The Hall–Kier alpha value is -1.80. The van der Waals surface area contributed by atoms with Gasteiger partial charge in [-0.15, -0.1) is 5.10 Å². The van der Waals surface area contributed by atoms with Crippen molar-refractivity contribution in [2.75, 3.05) is 19.6 Å². The predicted octanol–water partition coefficient (Wildman–Crippen LogP) is 1.50. The maximum Gasteiger partial charge on any atom is 0.247 e. The van der Waals surface area contributed by atoms with Crippen molar-refractivity contribution < 1.29 is 4.79 Å². The highest BCUT2D eigenvalue weighted by molar-refractivity contribution is 7.07. The predicted molar refractivity (Wildman–Crippen MR) is 92.5 cm³/mol. The maximum absolute atomic E-state index is 12.4. The lowest BCUT2D eigenvalue weighted by Crippen LogP contribution is -2.47. The van der Waals surface area contributed by atoms with Crippen LogP contribution >= 0.6 is 11.3 Å². The molecule has 0 saturated carbocycles. The highest BCUT2D eigenvalue weighted by atomic mass is 32.1. The molecular weight excluding hydrogens is 324 g/mol. The minimum Gasteiger partial charge on any atom is -0.354 e. The van der Waals surface area contributed by atoms with E-state index in [4.69, 9.17) is 0 Å². The molecule has 2 aromatic heterocycles. The molecular formula is C16H24N6OS. The van der Waals surface area contributed by atoms with E-state index in [2.05, 4.69) is 42.6 Å². The second kappa shape index (κ2) is 7.40. The van der Waals surface area contributed by atoms with E-state index in [1.165, 1.54) is 16.6 Å². The Morgan fingerprint density at radius 3 is 2.83 bits per heavy atom. The van der Waals surface area contributed by atoms with Gasteiger partial charge in [-0.05, 0) is 78.5 Å². The summed E-state index contributed by atoms with van der Waals surface area (Å²) in [5.41, 5.74) is 0.623. The fourth-order valence-electron chi connectivity index (χ4n) is 2.96. The van der Waals surface area contributed by atoms with Crippen molar-refractivity contribution in [1.29, 1.82) is 0 Å². The molecule has 1 saturated heterocycles. The van der Waals surface area contributed by atoms with Crippen LogP contribution in [0.2, 0.25) is 0 Å². The normalized spacial score (nSPS) is 17.1. The number of likely N-dealkylation sites (tertiary alicyclic amines) is 1. The molecule has 0 aliphatic carbocycles. The zero-order valence-electron chi connectivity index (χ0n) is 14.2. The van der Waals surface area contributed by atoms with Crippen molar-refractivity contribution in [3.63, 3.8) is 0 Å². The summed E-state index contributed by atoms with van der Waals surface area (Å²) in [6.07, 6.45) is 3.72. The fourth-order valence-corrected chi connectivity index (χ4v) is 3.62. The third-order valence-electron chi connectivity index (χ3n) is 4.72. The number of piperidine rings is 1. The molecule has 130 valence electrons. The Labute approximate surface area is 146 Å². The van der Waals surface area contributed by atoms with Crippen LogP contribution in [0.4, 0.5) is 0 Å². The number of amides is 1. The van der Waals surface area contributed by atoms with E-state index in [-0.39, 0.29) is 5.91 Å². The van der Waals surface area contributed by atoms with Crippen molar-refractivity contribution >= 4 is 17.2 Å². The average molecular weight is 348 g/mol.